The Balaban J connectivity index is 2.39. The molecule has 0 saturated heterocycles. The van der Waals surface area contributed by atoms with Gasteiger partial charge < -0.3 is 0 Å². The van der Waals surface area contributed by atoms with Crippen molar-refractivity contribution in [2.75, 3.05) is 0 Å². The van der Waals surface area contributed by atoms with E-state index >= 15 is 0 Å². The summed E-state index contributed by atoms with van der Waals surface area (Å²) in [5.74, 6) is 0.543. The standard InChI is InChI=1S/C11H14N2O/c1-3-10(14)9-6-12-8-5-4-7(2)11(8)13-9/h6-7H,3-5H2,1-2H3. The topological polar surface area (TPSA) is 42.9 Å². The molecule has 1 aromatic heterocycles. The minimum absolute atomic E-state index is 0.0828. The molecule has 1 aliphatic rings. The molecule has 0 aromatic carbocycles. The number of Topliss-reactive ketones (excluding diaryl/α,β-unsaturated/α-hetero) is 1. The average molecular weight is 190 g/mol. The lowest BCUT2D eigenvalue weighted by Gasteiger charge is -2.04. The fourth-order valence-corrected chi connectivity index (χ4v) is 1.82. The highest BCUT2D eigenvalue weighted by Gasteiger charge is 2.22. The lowest BCUT2D eigenvalue weighted by atomic mass is 10.1. The van der Waals surface area contributed by atoms with Crippen molar-refractivity contribution >= 4 is 5.78 Å². The summed E-state index contributed by atoms with van der Waals surface area (Å²) in [6.45, 7) is 3.99. The molecular weight excluding hydrogens is 176 g/mol. The molecule has 0 spiro atoms. The van der Waals surface area contributed by atoms with E-state index in [1.807, 2.05) is 6.92 Å². The summed E-state index contributed by atoms with van der Waals surface area (Å²) in [6.07, 6.45) is 4.23. The van der Waals surface area contributed by atoms with Crippen molar-refractivity contribution in [3.63, 3.8) is 0 Å². The van der Waals surface area contributed by atoms with Gasteiger partial charge in [0.05, 0.1) is 17.6 Å². The maximum absolute atomic E-state index is 11.4. The fraction of sp³-hybridized carbons (Fsp3) is 0.545. The number of carbonyl (C=O) groups excluding carboxylic acids is 1. The first-order valence-electron chi connectivity index (χ1n) is 5.11. The summed E-state index contributed by atoms with van der Waals surface area (Å²) >= 11 is 0. The molecule has 1 aromatic rings. The van der Waals surface area contributed by atoms with Gasteiger partial charge in [0, 0.05) is 12.3 Å². The zero-order chi connectivity index (χ0) is 10.1. The number of rotatable bonds is 2. The van der Waals surface area contributed by atoms with Crippen LogP contribution in [0.2, 0.25) is 0 Å². The van der Waals surface area contributed by atoms with Crippen LogP contribution in [-0.4, -0.2) is 15.8 Å². The SMILES string of the molecule is CCC(=O)c1cnc2c(n1)C(C)CC2. The van der Waals surface area contributed by atoms with E-state index in [1.165, 1.54) is 0 Å². The molecule has 0 amide bonds. The van der Waals surface area contributed by atoms with Crippen LogP contribution < -0.4 is 0 Å². The maximum Gasteiger partial charge on any atom is 0.182 e. The third-order valence-electron chi connectivity index (χ3n) is 2.77. The Kier molecular flexibility index (Phi) is 2.32. The second-order valence-electron chi connectivity index (χ2n) is 3.80. The van der Waals surface area contributed by atoms with Crippen molar-refractivity contribution in [3.05, 3.63) is 23.3 Å². The average Bonchev–Trinajstić information content (AvgIpc) is 2.59. The summed E-state index contributed by atoms with van der Waals surface area (Å²) in [4.78, 5) is 20.1. The van der Waals surface area contributed by atoms with Gasteiger partial charge in [-0.2, -0.15) is 0 Å². The molecule has 3 nitrogen and oxygen atoms in total. The molecule has 3 heteroatoms. The van der Waals surface area contributed by atoms with Crippen LogP contribution >= 0.6 is 0 Å². The molecule has 0 N–H and O–H groups in total. The second-order valence-corrected chi connectivity index (χ2v) is 3.80. The smallest absolute Gasteiger partial charge is 0.182 e. The molecule has 1 atom stereocenters. The Morgan fingerprint density at radius 3 is 3.14 bits per heavy atom. The second kappa shape index (κ2) is 3.48. The van der Waals surface area contributed by atoms with E-state index in [-0.39, 0.29) is 5.78 Å². The number of carbonyl (C=O) groups is 1. The van der Waals surface area contributed by atoms with E-state index in [0.29, 0.717) is 18.0 Å². The highest BCUT2D eigenvalue weighted by Crippen LogP contribution is 2.29. The van der Waals surface area contributed by atoms with Crippen LogP contribution in [0.3, 0.4) is 0 Å². The van der Waals surface area contributed by atoms with Crippen molar-refractivity contribution in [1.29, 1.82) is 0 Å². The number of aryl methyl sites for hydroxylation is 1. The molecule has 0 bridgehead atoms. The van der Waals surface area contributed by atoms with Crippen molar-refractivity contribution in [2.45, 2.75) is 39.0 Å². The summed E-state index contributed by atoms with van der Waals surface area (Å²) < 4.78 is 0. The fourth-order valence-electron chi connectivity index (χ4n) is 1.82. The quantitative estimate of drug-likeness (QED) is 0.671. The summed E-state index contributed by atoms with van der Waals surface area (Å²) in [6, 6.07) is 0. The largest absolute Gasteiger partial charge is 0.292 e. The Morgan fingerprint density at radius 1 is 1.64 bits per heavy atom. The first kappa shape index (κ1) is 9.31. The van der Waals surface area contributed by atoms with Gasteiger partial charge in [-0.25, -0.2) is 4.98 Å². The van der Waals surface area contributed by atoms with E-state index in [9.17, 15) is 4.79 Å². The van der Waals surface area contributed by atoms with Crippen molar-refractivity contribution in [3.8, 4) is 0 Å². The lowest BCUT2D eigenvalue weighted by molar-refractivity contribution is 0.0982. The molecular formula is C11H14N2O. The summed E-state index contributed by atoms with van der Waals surface area (Å²) in [5.41, 5.74) is 2.63. The van der Waals surface area contributed by atoms with Gasteiger partial charge in [0.15, 0.2) is 5.78 Å². The van der Waals surface area contributed by atoms with E-state index in [2.05, 4.69) is 16.9 Å². The zero-order valence-electron chi connectivity index (χ0n) is 8.58. The maximum atomic E-state index is 11.4. The Labute approximate surface area is 83.6 Å². The summed E-state index contributed by atoms with van der Waals surface area (Å²) in [5, 5.41) is 0. The summed E-state index contributed by atoms with van der Waals surface area (Å²) in [7, 11) is 0. The first-order chi connectivity index (χ1) is 6.72. The molecule has 1 unspecified atom stereocenters. The predicted molar refractivity (Wildman–Crippen MR) is 53.4 cm³/mol. The Hall–Kier alpha value is -1.25. The minimum atomic E-state index is 0.0828. The molecule has 1 heterocycles. The molecule has 14 heavy (non-hydrogen) atoms. The third-order valence-corrected chi connectivity index (χ3v) is 2.77. The lowest BCUT2D eigenvalue weighted by Crippen LogP contribution is -2.05. The minimum Gasteiger partial charge on any atom is -0.292 e. The van der Waals surface area contributed by atoms with Crippen LogP contribution in [0.4, 0.5) is 0 Å². The van der Waals surface area contributed by atoms with Gasteiger partial charge in [0.25, 0.3) is 0 Å². The van der Waals surface area contributed by atoms with E-state index in [1.54, 1.807) is 6.20 Å². The van der Waals surface area contributed by atoms with E-state index in [0.717, 1.165) is 24.2 Å². The number of fused-ring (bicyclic) bond motifs is 1. The molecule has 0 radical (unpaired) electrons. The van der Waals surface area contributed by atoms with Gasteiger partial charge in [-0.15, -0.1) is 0 Å². The first-order valence-corrected chi connectivity index (χ1v) is 5.11. The number of nitrogens with zero attached hydrogens (tertiary/aromatic N) is 2. The number of aromatic nitrogens is 2. The van der Waals surface area contributed by atoms with Crippen LogP contribution in [0.1, 0.15) is 54.5 Å². The third kappa shape index (κ3) is 1.43. The molecule has 0 fully saturated rings. The van der Waals surface area contributed by atoms with Gasteiger partial charge in [-0.1, -0.05) is 13.8 Å². The van der Waals surface area contributed by atoms with E-state index < -0.39 is 0 Å². The van der Waals surface area contributed by atoms with Gasteiger partial charge in [-0.3, -0.25) is 9.78 Å². The number of hydrogen-bond donors (Lipinski definition) is 0. The van der Waals surface area contributed by atoms with Crippen molar-refractivity contribution in [2.24, 2.45) is 0 Å². The molecule has 1 aliphatic carbocycles. The van der Waals surface area contributed by atoms with Crippen LogP contribution in [-0.2, 0) is 6.42 Å². The van der Waals surface area contributed by atoms with Gasteiger partial charge >= 0.3 is 0 Å². The molecule has 2 rings (SSSR count). The van der Waals surface area contributed by atoms with Crippen LogP contribution in [0.15, 0.2) is 6.20 Å². The predicted octanol–water partition coefficient (Wildman–Crippen LogP) is 2.12. The highest BCUT2D eigenvalue weighted by atomic mass is 16.1. The van der Waals surface area contributed by atoms with Crippen LogP contribution in [0.25, 0.3) is 0 Å². The van der Waals surface area contributed by atoms with Gasteiger partial charge in [0.1, 0.15) is 5.69 Å². The monoisotopic (exact) mass is 190 g/mol. The van der Waals surface area contributed by atoms with Crippen molar-refractivity contribution < 1.29 is 4.79 Å². The van der Waals surface area contributed by atoms with Crippen LogP contribution in [0.5, 0.6) is 0 Å². The number of hydrogen-bond acceptors (Lipinski definition) is 3. The van der Waals surface area contributed by atoms with Gasteiger partial charge in [0.2, 0.25) is 0 Å². The van der Waals surface area contributed by atoms with Crippen molar-refractivity contribution in [1.82, 2.24) is 9.97 Å². The number of ketones is 1. The highest BCUT2D eigenvalue weighted by molar-refractivity contribution is 5.93. The normalized spacial score (nSPS) is 19.4. The molecule has 74 valence electrons. The van der Waals surface area contributed by atoms with Crippen LogP contribution in [0, 0.1) is 0 Å². The zero-order valence-corrected chi connectivity index (χ0v) is 8.58. The Morgan fingerprint density at radius 2 is 2.43 bits per heavy atom. The Bertz CT molecular complexity index is 374. The van der Waals surface area contributed by atoms with E-state index in [4.69, 9.17) is 0 Å². The molecule has 0 saturated carbocycles. The van der Waals surface area contributed by atoms with Gasteiger partial charge in [-0.05, 0) is 12.8 Å². The molecule has 0 aliphatic heterocycles.